The van der Waals surface area contributed by atoms with E-state index < -0.39 is 0 Å². The molecule has 100 valence electrons. The Kier molecular flexibility index (Phi) is 6.68. The Bertz CT molecular complexity index is 378. The van der Waals surface area contributed by atoms with Crippen molar-refractivity contribution in [3.05, 3.63) is 34.6 Å². The number of hydrogen-bond donors (Lipinski definition) is 2. The van der Waals surface area contributed by atoms with Crippen molar-refractivity contribution < 1.29 is 9.18 Å². The van der Waals surface area contributed by atoms with Crippen molar-refractivity contribution in [2.45, 2.75) is 26.3 Å². The zero-order chi connectivity index (χ0) is 13.4. The van der Waals surface area contributed by atoms with Gasteiger partial charge in [-0.15, -0.1) is 0 Å². The standard InChI is InChI=1S/C13H18ClFN2O/c1-2-4-17-13(18)3-5-16-9-10-6-11(14)8-12(15)7-10/h6-8,16H,2-5,9H2,1H3,(H,17,18). The normalized spacial score (nSPS) is 10.4. The molecule has 0 saturated carbocycles. The molecule has 0 radical (unpaired) electrons. The first kappa shape index (κ1) is 14.9. The van der Waals surface area contributed by atoms with E-state index in [9.17, 15) is 9.18 Å². The maximum absolute atomic E-state index is 13.0. The number of amides is 1. The zero-order valence-electron chi connectivity index (χ0n) is 10.4. The average molecular weight is 273 g/mol. The zero-order valence-corrected chi connectivity index (χ0v) is 11.2. The maximum atomic E-state index is 13.0. The lowest BCUT2D eigenvalue weighted by atomic mass is 10.2. The van der Waals surface area contributed by atoms with Gasteiger partial charge in [-0.3, -0.25) is 4.79 Å². The molecular formula is C13H18ClFN2O. The fourth-order valence-electron chi connectivity index (χ4n) is 1.50. The predicted octanol–water partition coefficient (Wildman–Crippen LogP) is 2.49. The minimum atomic E-state index is -0.347. The summed E-state index contributed by atoms with van der Waals surface area (Å²) < 4.78 is 13.0. The lowest BCUT2D eigenvalue weighted by Crippen LogP contribution is -2.28. The van der Waals surface area contributed by atoms with Crippen LogP contribution in [0.1, 0.15) is 25.3 Å². The van der Waals surface area contributed by atoms with Gasteiger partial charge < -0.3 is 10.6 Å². The van der Waals surface area contributed by atoms with Crippen molar-refractivity contribution in [1.82, 2.24) is 10.6 Å². The molecule has 0 saturated heterocycles. The van der Waals surface area contributed by atoms with E-state index in [1.165, 1.54) is 12.1 Å². The molecule has 0 atom stereocenters. The van der Waals surface area contributed by atoms with Gasteiger partial charge in [-0.1, -0.05) is 18.5 Å². The lowest BCUT2D eigenvalue weighted by Gasteiger charge is -2.06. The summed E-state index contributed by atoms with van der Waals surface area (Å²) in [5.41, 5.74) is 0.772. The molecular weight excluding hydrogens is 255 g/mol. The third-order valence-electron chi connectivity index (χ3n) is 2.35. The van der Waals surface area contributed by atoms with Gasteiger partial charge in [0.15, 0.2) is 0 Å². The van der Waals surface area contributed by atoms with Crippen LogP contribution in [0.4, 0.5) is 4.39 Å². The van der Waals surface area contributed by atoms with Crippen LogP contribution in [0.5, 0.6) is 0 Å². The van der Waals surface area contributed by atoms with E-state index in [1.54, 1.807) is 6.07 Å². The van der Waals surface area contributed by atoms with E-state index in [2.05, 4.69) is 10.6 Å². The average Bonchev–Trinajstić information content (AvgIpc) is 2.31. The summed E-state index contributed by atoms with van der Waals surface area (Å²) in [6.07, 6.45) is 1.35. The molecule has 0 spiro atoms. The molecule has 2 N–H and O–H groups in total. The summed E-state index contributed by atoms with van der Waals surface area (Å²) in [4.78, 5) is 11.3. The molecule has 0 unspecified atom stereocenters. The van der Waals surface area contributed by atoms with Crippen LogP contribution in [-0.2, 0) is 11.3 Å². The summed E-state index contributed by atoms with van der Waals surface area (Å²) in [6.45, 7) is 3.77. The summed E-state index contributed by atoms with van der Waals surface area (Å²) in [5, 5.41) is 6.25. The monoisotopic (exact) mass is 272 g/mol. The van der Waals surface area contributed by atoms with Crippen molar-refractivity contribution in [3.63, 3.8) is 0 Å². The second-order valence-corrected chi connectivity index (χ2v) is 4.49. The summed E-state index contributed by atoms with van der Waals surface area (Å²) in [5.74, 6) is -0.318. The Labute approximate surface area is 112 Å². The number of nitrogens with one attached hydrogen (secondary N) is 2. The molecule has 0 aromatic heterocycles. The number of benzene rings is 1. The van der Waals surface area contributed by atoms with Gasteiger partial charge in [0.05, 0.1) is 0 Å². The lowest BCUT2D eigenvalue weighted by molar-refractivity contribution is -0.120. The number of carbonyl (C=O) groups is 1. The van der Waals surface area contributed by atoms with E-state index in [1.807, 2.05) is 6.92 Å². The first-order chi connectivity index (χ1) is 8.61. The Morgan fingerprint density at radius 1 is 1.33 bits per heavy atom. The Balaban J connectivity index is 2.23. The highest BCUT2D eigenvalue weighted by molar-refractivity contribution is 6.30. The highest BCUT2D eigenvalue weighted by Crippen LogP contribution is 2.13. The Morgan fingerprint density at radius 3 is 2.78 bits per heavy atom. The number of carbonyl (C=O) groups excluding carboxylic acids is 1. The minimum absolute atomic E-state index is 0.0293. The quantitative estimate of drug-likeness (QED) is 0.749. The van der Waals surface area contributed by atoms with Crippen molar-refractivity contribution in [2.24, 2.45) is 0 Å². The minimum Gasteiger partial charge on any atom is -0.356 e. The first-order valence-corrected chi connectivity index (χ1v) is 6.42. The third-order valence-corrected chi connectivity index (χ3v) is 2.57. The van der Waals surface area contributed by atoms with E-state index >= 15 is 0 Å². The molecule has 1 aromatic carbocycles. The van der Waals surface area contributed by atoms with Gasteiger partial charge in [-0.25, -0.2) is 4.39 Å². The van der Waals surface area contributed by atoms with Crippen LogP contribution in [0.15, 0.2) is 18.2 Å². The van der Waals surface area contributed by atoms with Crippen LogP contribution < -0.4 is 10.6 Å². The molecule has 0 aliphatic rings. The van der Waals surface area contributed by atoms with Crippen molar-refractivity contribution in [2.75, 3.05) is 13.1 Å². The first-order valence-electron chi connectivity index (χ1n) is 6.04. The smallest absolute Gasteiger partial charge is 0.221 e. The van der Waals surface area contributed by atoms with Crippen molar-refractivity contribution >= 4 is 17.5 Å². The molecule has 1 amide bonds. The van der Waals surface area contributed by atoms with E-state index in [0.29, 0.717) is 31.1 Å². The molecule has 3 nitrogen and oxygen atoms in total. The number of hydrogen-bond acceptors (Lipinski definition) is 2. The molecule has 18 heavy (non-hydrogen) atoms. The highest BCUT2D eigenvalue weighted by Gasteiger charge is 2.01. The van der Waals surface area contributed by atoms with E-state index in [0.717, 1.165) is 12.0 Å². The third kappa shape index (κ3) is 5.98. The highest BCUT2D eigenvalue weighted by atomic mass is 35.5. The molecule has 0 bridgehead atoms. The Hall–Kier alpha value is -1.13. The number of halogens is 2. The van der Waals surface area contributed by atoms with Gasteiger partial charge >= 0.3 is 0 Å². The molecule has 1 aromatic rings. The fraction of sp³-hybridized carbons (Fsp3) is 0.462. The molecule has 1 rings (SSSR count). The molecule has 0 heterocycles. The van der Waals surface area contributed by atoms with Crippen LogP contribution in [0.3, 0.4) is 0 Å². The van der Waals surface area contributed by atoms with Crippen LogP contribution in [0, 0.1) is 5.82 Å². The van der Waals surface area contributed by atoms with Crippen LogP contribution >= 0.6 is 11.6 Å². The fourth-order valence-corrected chi connectivity index (χ4v) is 1.74. The largest absolute Gasteiger partial charge is 0.356 e. The van der Waals surface area contributed by atoms with Gasteiger partial charge in [0.1, 0.15) is 5.82 Å². The molecule has 5 heteroatoms. The van der Waals surface area contributed by atoms with Crippen molar-refractivity contribution in [1.29, 1.82) is 0 Å². The van der Waals surface area contributed by atoms with Gasteiger partial charge in [0.25, 0.3) is 0 Å². The van der Waals surface area contributed by atoms with E-state index in [4.69, 9.17) is 11.6 Å². The summed E-state index contributed by atoms with van der Waals surface area (Å²) in [7, 11) is 0. The summed E-state index contributed by atoms with van der Waals surface area (Å²) >= 11 is 5.74. The molecule has 0 fully saturated rings. The SMILES string of the molecule is CCCNC(=O)CCNCc1cc(F)cc(Cl)c1. The van der Waals surface area contributed by atoms with Gasteiger partial charge in [-0.2, -0.15) is 0 Å². The second-order valence-electron chi connectivity index (χ2n) is 4.05. The second kappa shape index (κ2) is 8.06. The molecule has 0 aliphatic heterocycles. The van der Waals surface area contributed by atoms with Crippen molar-refractivity contribution in [3.8, 4) is 0 Å². The Morgan fingerprint density at radius 2 is 2.11 bits per heavy atom. The van der Waals surface area contributed by atoms with Crippen LogP contribution in [0.2, 0.25) is 5.02 Å². The van der Waals surface area contributed by atoms with Crippen LogP contribution in [-0.4, -0.2) is 19.0 Å². The van der Waals surface area contributed by atoms with Gasteiger partial charge in [0, 0.05) is 31.1 Å². The van der Waals surface area contributed by atoms with Gasteiger partial charge in [-0.05, 0) is 30.2 Å². The molecule has 0 aliphatic carbocycles. The van der Waals surface area contributed by atoms with Crippen LogP contribution in [0.25, 0.3) is 0 Å². The predicted molar refractivity (Wildman–Crippen MR) is 71.0 cm³/mol. The van der Waals surface area contributed by atoms with Gasteiger partial charge in [0.2, 0.25) is 5.91 Å². The topological polar surface area (TPSA) is 41.1 Å². The maximum Gasteiger partial charge on any atom is 0.221 e. The summed E-state index contributed by atoms with van der Waals surface area (Å²) in [6, 6.07) is 4.40. The number of rotatable bonds is 7. The van der Waals surface area contributed by atoms with E-state index in [-0.39, 0.29) is 11.7 Å².